The van der Waals surface area contributed by atoms with Crippen LogP contribution < -0.4 is 5.32 Å². The van der Waals surface area contributed by atoms with Crippen molar-refractivity contribution in [3.05, 3.63) is 16.6 Å². The zero-order valence-corrected chi connectivity index (χ0v) is 9.99. The van der Waals surface area contributed by atoms with Crippen LogP contribution >= 0.6 is 11.5 Å². The zero-order valence-electron chi connectivity index (χ0n) is 9.17. The highest BCUT2D eigenvalue weighted by molar-refractivity contribution is 7.08. The Labute approximate surface area is 94.1 Å². The van der Waals surface area contributed by atoms with E-state index < -0.39 is 0 Å². The minimum absolute atomic E-state index is 0.225. The number of ketones is 1. The van der Waals surface area contributed by atoms with Gasteiger partial charge in [-0.2, -0.15) is 4.37 Å². The molecule has 3 nitrogen and oxygen atoms in total. The lowest BCUT2D eigenvalue weighted by atomic mass is 9.78. The molecule has 82 valence electrons. The van der Waals surface area contributed by atoms with E-state index in [1.165, 1.54) is 11.5 Å². The van der Waals surface area contributed by atoms with Crippen molar-refractivity contribution >= 4 is 17.3 Å². The molecule has 1 aliphatic rings. The third kappa shape index (κ3) is 2.11. The number of carbonyl (C=O) groups is 1. The van der Waals surface area contributed by atoms with E-state index in [-0.39, 0.29) is 11.2 Å². The average molecular weight is 224 g/mol. The quantitative estimate of drug-likeness (QED) is 0.781. The van der Waals surface area contributed by atoms with E-state index in [2.05, 4.69) is 16.6 Å². The van der Waals surface area contributed by atoms with Crippen molar-refractivity contribution in [2.24, 2.45) is 5.41 Å². The second-order valence-corrected chi connectivity index (χ2v) is 5.31. The predicted octanol–water partition coefficient (Wildman–Crippen LogP) is 2.02. The Morgan fingerprint density at radius 3 is 3.00 bits per heavy atom. The van der Waals surface area contributed by atoms with Gasteiger partial charge in [0, 0.05) is 12.0 Å². The van der Waals surface area contributed by atoms with Gasteiger partial charge < -0.3 is 5.32 Å². The highest BCUT2D eigenvalue weighted by atomic mass is 32.1. The number of carbonyl (C=O) groups excluding carboxylic acids is 1. The Bertz CT molecular complexity index is 366. The van der Waals surface area contributed by atoms with E-state index in [0.29, 0.717) is 0 Å². The first-order valence-electron chi connectivity index (χ1n) is 5.31. The molecule has 2 rings (SSSR count). The molecule has 0 saturated carbocycles. The third-order valence-electron chi connectivity index (χ3n) is 3.00. The van der Waals surface area contributed by atoms with Crippen LogP contribution in [0.5, 0.6) is 0 Å². The van der Waals surface area contributed by atoms with E-state index in [1.54, 1.807) is 0 Å². The lowest BCUT2D eigenvalue weighted by molar-refractivity contribution is 0.0777. The molecule has 0 amide bonds. The Morgan fingerprint density at radius 1 is 1.67 bits per heavy atom. The molecule has 1 fully saturated rings. The first-order chi connectivity index (χ1) is 7.12. The maximum Gasteiger partial charge on any atom is 0.181 e. The van der Waals surface area contributed by atoms with Gasteiger partial charge in [-0.15, -0.1) is 0 Å². The molecule has 0 radical (unpaired) electrons. The monoisotopic (exact) mass is 224 g/mol. The second-order valence-electron chi connectivity index (χ2n) is 4.50. The first kappa shape index (κ1) is 10.8. The highest BCUT2D eigenvalue weighted by Crippen LogP contribution is 2.31. The molecule has 0 bridgehead atoms. The number of nitrogens with zero attached hydrogens (tertiary/aromatic N) is 1. The summed E-state index contributed by atoms with van der Waals surface area (Å²) in [5.41, 5.74) is 0.716. The van der Waals surface area contributed by atoms with Gasteiger partial charge in [0.05, 0.1) is 10.6 Å². The molecule has 1 aromatic rings. The summed E-state index contributed by atoms with van der Waals surface area (Å²) in [6, 6.07) is 1.90. The maximum absolute atomic E-state index is 12.3. The summed E-state index contributed by atoms with van der Waals surface area (Å²) in [6.07, 6.45) is 2.07. The summed E-state index contributed by atoms with van der Waals surface area (Å²) in [5.74, 6) is 0.250. The van der Waals surface area contributed by atoms with Crippen molar-refractivity contribution in [1.82, 2.24) is 9.69 Å². The number of nitrogens with one attached hydrogen (secondary N) is 1. The Kier molecular flexibility index (Phi) is 2.89. The summed E-state index contributed by atoms with van der Waals surface area (Å²) in [6.45, 7) is 5.80. The summed E-state index contributed by atoms with van der Waals surface area (Å²) >= 11 is 1.32. The molecule has 1 unspecified atom stereocenters. The van der Waals surface area contributed by atoms with Crippen LogP contribution in [-0.2, 0) is 0 Å². The molecule has 1 aromatic heterocycles. The van der Waals surface area contributed by atoms with Gasteiger partial charge in [0.25, 0.3) is 0 Å². The van der Waals surface area contributed by atoms with Crippen LogP contribution in [0.3, 0.4) is 0 Å². The fourth-order valence-corrected chi connectivity index (χ4v) is 2.87. The van der Waals surface area contributed by atoms with Gasteiger partial charge in [-0.25, -0.2) is 0 Å². The van der Waals surface area contributed by atoms with Gasteiger partial charge >= 0.3 is 0 Å². The van der Waals surface area contributed by atoms with E-state index in [4.69, 9.17) is 0 Å². The van der Waals surface area contributed by atoms with Crippen LogP contribution in [0.25, 0.3) is 0 Å². The molecule has 2 heterocycles. The molecule has 0 spiro atoms. The Morgan fingerprint density at radius 2 is 2.47 bits per heavy atom. The normalized spacial score (nSPS) is 26.5. The summed E-state index contributed by atoms with van der Waals surface area (Å²) in [7, 11) is 0. The largest absolute Gasteiger partial charge is 0.316 e. The molecule has 1 aliphatic heterocycles. The van der Waals surface area contributed by atoms with Crippen LogP contribution in [-0.4, -0.2) is 23.2 Å². The fraction of sp³-hybridized carbons (Fsp3) is 0.636. The molecular weight excluding hydrogens is 208 g/mol. The molecule has 1 atom stereocenters. The van der Waals surface area contributed by atoms with Crippen molar-refractivity contribution in [1.29, 1.82) is 0 Å². The smallest absolute Gasteiger partial charge is 0.181 e. The van der Waals surface area contributed by atoms with Crippen molar-refractivity contribution < 1.29 is 4.79 Å². The zero-order chi connectivity index (χ0) is 10.9. The Hall–Kier alpha value is -0.740. The minimum Gasteiger partial charge on any atom is -0.316 e. The average Bonchev–Trinajstić information content (AvgIpc) is 2.65. The molecule has 0 aromatic carbocycles. The van der Waals surface area contributed by atoms with Gasteiger partial charge in [-0.3, -0.25) is 4.79 Å². The number of piperidine rings is 1. The van der Waals surface area contributed by atoms with Crippen LogP contribution in [0.4, 0.5) is 0 Å². The number of aromatic nitrogens is 1. The van der Waals surface area contributed by atoms with Crippen molar-refractivity contribution in [2.45, 2.75) is 26.7 Å². The van der Waals surface area contributed by atoms with Crippen LogP contribution in [0.1, 0.15) is 35.1 Å². The van der Waals surface area contributed by atoms with E-state index >= 15 is 0 Å². The van der Waals surface area contributed by atoms with Crippen molar-refractivity contribution in [3.8, 4) is 0 Å². The SMILES string of the molecule is Cc1cc(C(=O)C2(C)CCCNC2)sn1. The lowest BCUT2D eigenvalue weighted by Gasteiger charge is -2.31. The number of hydrogen-bond acceptors (Lipinski definition) is 4. The fourth-order valence-electron chi connectivity index (χ4n) is 2.02. The summed E-state index contributed by atoms with van der Waals surface area (Å²) in [4.78, 5) is 13.1. The molecule has 1 N–H and O–H groups in total. The molecule has 0 aliphatic carbocycles. The number of Topliss-reactive ketones (excluding diaryl/α,β-unsaturated/α-hetero) is 1. The van der Waals surface area contributed by atoms with Gasteiger partial charge in [0.2, 0.25) is 0 Å². The molecular formula is C11H16N2OS. The van der Waals surface area contributed by atoms with E-state index in [9.17, 15) is 4.79 Å². The van der Waals surface area contributed by atoms with Crippen LogP contribution in [0.15, 0.2) is 6.07 Å². The maximum atomic E-state index is 12.3. The van der Waals surface area contributed by atoms with Gasteiger partial charge in [-0.05, 0) is 43.9 Å². The predicted molar refractivity (Wildman–Crippen MR) is 61.4 cm³/mol. The Balaban J connectivity index is 2.19. The third-order valence-corrected chi connectivity index (χ3v) is 3.88. The van der Waals surface area contributed by atoms with Gasteiger partial charge in [-0.1, -0.05) is 6.92 Å². The van der Waals surface area contributed by atoms with E-state index in [1.807, 2.05) is 13.0 Å². The van der Waals surface area contributed by atoms with Crippen molar-refractivity contribution in [2.75, 3.05) is 13.1 Å². The minimum atomic E-state index is -0.225. The first-order valence-corrected chi connectivity index (χ1v) is 6.08. The van der Waals surface area contributed by atoms with Crippen LogP contribution in [0, 0.1) is 12.3 Å². The summed E-state index contributed by atoms with van der Waals surface area (Å²) < 4.78 is 4.16. The topological polar surface area (TPSA) is 42.0 Å². The molecule has 1 saturated heterocycles. The second kappa shape index (κ2) is 4.02. The van der Waals surface area contributed by atoms with Gasteiger partial charge in [0.15, 0.2) is 5.78 Å². The number of hydrogen-bond donors (Lipinski definition) is 1. The molecule has 15 heavy (non-hydrogen) atoms. The standard InChI is InChI=1S/C11H16N2OS/c1-8-6-9(15-13-8)10(14)11(2)4-3-5-12-7-11/h6,12H,3-5,7H2,1-2H3. The van der Waals surface area contributed by atoms with Crippen molar-refractivity contribution in [3.63, 3.8) is 0 Å². The molecule has 4 heteroatoms. The summed E-state index contributed by atoms with van der Waals surface area (Å²) in [5, 5.41) is 3.30. The highest BCUT2D eigenvalue weighted by Gasteiger charge is 2.35. The van der Waals surface area contributed by atoms with E-state index in [0.717, 1.165) is 36.5 Å². The number of rotatable bonds is 2. The van der Waals surface area contributed by atoms with Crippen LogP contribution in [0.2, 0.25) is 0 Å². The lowest BCUT2D eigenvalue weighted by Crippen LogP contribution is -2.43. The number of aryl methyl sites for hydroxylation is 1. The van der Waals surface area contributed by atoms with Gasteiger partial charge in [0.1, 0.15) is 0 Å².